The van der Waals surface area contributed by atoms with Crippen molar-refractivity contribution in [3.63, 3.8) is 0 Å². The number of urea groups is 1. The number of hydrazine groups is 2. The maximum atomic E-state index is 11.8. The van der Waals surface area contributed by atoms with E-state index in [-0.39, 0.29) is 11.8 Å². The van der Waals surface area contributed by atoms with Gasteiger partial charge in [0, 0.05) is 42.0 Å². The molecule has 0 unspecified atom stereocenters. The van der Waals surface area contributed by atoms with Gasteiger partial charge in [0.05, 0.1) is 0 Å². The Labute approximate surface area is 95.1 Å². The van der Waals surface area contributed by atoms with E-state index in [0.717, 1.165) is 20.0 Å². The molecule has 7 nitrogen and oxygen atoms in total. The maximum Gasteiger partial charge on any atom is 0.357 e. The zero-order valence-corrected chi connectivity index (χ0v) is 10.5. The molecule has 0 bridgehead atoms. The minimum Gasteiger partial charge on any atom is -0.273 e. The van der Waals surface area contributed by atoms with E-state index in [1.54, 1.807) is 0 Å². The summed E-state index contributed by atoms with van der Waals surface area (Å²) in [6.07, 6.45) is 0. The Morgan fingerprint density at radius 1 is 0.625 bits per heavy atom. The van der Waals surface area contributed by atoms with Gasteiger partial charge >= 0.3 is 6.03 Å². The summed E-state index contributed by atoms with van der Waals surface area (Å²) in [5, 5.41) is 4.57. The van der Waals surface area contributed by atoms with Crippen molar-refractivity contribution in [2.75, 3.05) is 28.2 Å². The SMILES string of the molecule is CC(=O)N(C)N(C)C(=O)N(C)N(C)C(C)=O. The summed E-state index contributed by atoms with van der Waals surface area (Å²) in [6, 6.07) is -0.476. The third-order valence-electron chi connectivity index (χ3n) is 2.37. The van der Waals surface area contributed by atoms with Gasteiger partial charge in [-0.2, -0.15) is 0 Å². The van der Waals surface area contributed by atoms with Crippen molar-refractivity contribution in [2.45, 2.75) is 13.8 Å². The van der Waals surface area contributed by atoms with Crippen molar-refractivity contribution in [1.29, 1.82) is 0 Å². The van der Waals surface area contributed by atoms with Crippen LogP contribution in [-0.2, 0) is 9.59 Å². The minimum atomic E-state index is -0.476. The van der Waals surface area contributed by atoms with Crippen molar-refractivity contribution in [3.05, 3.63) is 0 Å². The second kappa shape index (κ2) is 5.34. The van der Waals surface area contributed by atoms with E-state index < -0.39 is 6.03 Å². The van der Waals surface area contributed by atoms with Crippen LogP contribution in [0.2, 0.25) is 0 Å². The summed E-state index contributed by atoms with van der Waals surface area (Å²) in [5.74, 6) is -0.538. The highest BCUT2D eigenvalue weighted by Gasteiger charge is 2.23. The zero-order chi connectivity index (χ0) is 13.0. The van der Waals surface area contributed by atoms with E-state index in [1.165, 1.54) is 42.0 Å². The number of rotatable bonds is 0. The van der Waals surface area contributed by atoms with Crippen molar-refractivity contribution in [2.24, 2.45) is 0 Å². The molecule has 0 fully saturated rings. The van der Waals surface area contributed by atoms with E-state index in [0.29, 0.717) is 0 Å². The molecule has 0 aliphatic heterocycles. The molecule has 0 N–H and O–H groups in total. The number of hydrogen-bond donors (Lipinski definition) is 0. The molecule has 7 heteroatoms. The Morgan fingerprint density at radius 3 is 1.06 bits per heavy atom. The summed E-state index contributed by atoms with van der Waals surface area (Å²) >= 11 is 0. The number of carbonyl (C=O) groups is 3. The van der Waals surface area contributed by atoms with Crippen LogP contribution in [0.4, 0.5) is 4.79 Å². The second-order valence-electron chi connectivity index (χ2n) is 3.42. The molecule has 16 heavy (non-hydrogen) atoms. The van der Waals surface area contributed by atoms with Gasteiger partial charge in [-0.1, -0.05) is 0 Å². The first-order valence-electron chi connectivity index (χ1n) is 4.70. The van der Waals surface area contributed by atoms with Gasteiger partial charge in [-0.3, -0.25) is 19.6 Å². The van der Waals surface area contributed by atoms with Gasteiger partial charge in [0.2, 0.25) is 11.8 Å². The fourth-order valence-electron chi connectivity index (χ4n) is 0.889. The Hall–Kier alpha value is -1.79. The summed E-state index contributed by atoms with van der Waals surface area (Å²) in [7, 11) is 5.85. The molecule has 0 aromatic rings. The lowest BCUT2D eigenvalue weighted by Gasteiger charge is -2.34. The van der Waals surface area contributed by atoms with Crippen molar-refractivity contribution >= 4 is 17.8 Å². The molecule has 0 aliphatic carbocycles. The van der Waals surface area contributed by atoms with Crippen LogP contribution in [0.25, 0.3) is 0 Å². The van der Waals surface area contributed by atoms with Crippen molar-refractivity contribution < 1.29 is 14.4 Å². The highest BCUT2D eigenvalue weighted by molar-refractivity contribution is 5.81. The smallest absolute Gasteiger partial charge is 0.273 e. The van der Waals surface area contributed by atoms with Crippen LogP contribution in [0.3, 0.4) is 0 Å². The van der Waals surface area contributed by atoms with Crippen molar-refractivity contribution in [1.82, 2.24) is 20.0 Å². The minimum absolute atomic E-state index is 0.269. The molecule has 0 aromatic heterocycles. The highest BCUT2D eigenvalue weighted by atomic mass is 16.2. The summed E-state index contributed by atoms with van der Waals surface area (Å²) < 4.78 is 0. The predicted molar refractivity (Wildman–Crippen MR) is 57.8 cm³/mol. The van der Waals surface area contributed by atoms with Crippen LogP contribution in [0, 0.1) is 0 Å². The third kappa shape index (κ3) is 3.11. The van der Waals surface area contributed by atoms with Crippen LogP contribution in [0.5, 0.6) is 0 Å². The largest absolute Gasteiger partial charge is 0.357 e. The number of carbonyl (C=O) groups excluding carboxylic acids is 3. The molecule has 4 amide bonds. The highest BCUT2D eigenvalue weighted by Crippen LogP contribution is 2.01. The van der Waals surface area contributed by atoms with Crippen molar-refractivity contribution in [3.8, 4) is 0 Å². The van der Waals surface area contributed by atoms with Gasteiger partial charge in [0.25, 0.3) is 0 Å². The van der Waals surface area contributed by atoms with Gasteiger partial charge in [-0.05, 0) is 0 Å². The fraction of sp³-hybridized carbons (Fsp3) is 0.667. The van der Waals surface area contributed by atoms with E-state index in [2.05, 4.69) is 0 Å². The van der Waals surface area contributed by atoms with E-state index in [1.807, 2.05) is 0 Å². The summed E-state index contributed by atoms with van der Waals surface area (Å²) in [6.45, 7) is 2.69. The average Bonchev–Trinajstić information content (AvgIpc) is 2.23. The molecule has 0 atom stereocenters. The Kier molecular flexibility index (Phi) is 4.74. The standard InChI is InChI=1S/C9H18N4O3/c1-7(14)10(3)12(5)9(16)13(6)11(4)8(2)15/h1-6H3. The lowest BCUT2D eigenvalue weighted by molar-refractivity contribution is -0.142. The van der Waals surface area contributed by atoms with Crippen LogP contribution < -0.4 is 0 Å². The molecule has 0 aromatic carbocycles. The lowest BCUT2D eigenvalue weighted by Crippen LogP contribution is -2.54. The molecule has 0 heterocycles. The zero-order valence-electron chi connectivity index (χ0n) is 10.5. The summed E-state index contributed by atoms with van der Waals surface area (Å²) in [4.78, 5) is 33.9. The van der Waals surface area contributed by atoms with Gasteiger partial charge in [-0.25, -0.2) is 14.8 Å². The average molecular weight is 230 g/mol. The first kappa shape index (κ1) is 14.2. The van der Waals surface area contributed by atoms with Crippen LogP contribution in [0.1, 0.15) is 13.8 Å². The Bertz CT molecular complexity index is 277. The quantitative estimate of drug-likeness (QED) is 0.539. The molecule has 0 saturated heterocycles. The van der Waals surface area contributed by atoms with Crippen LogP contribution >= 0.6 is 0 Å². The first-order chi connectivity index (χ1) is 7.20. The summed E-state index contributed by atoms with van der Waals surface area (Å²) in [5.41, 5.74) is 0. The van der Waals surface area contributed by atoms with Gasteiger partial charge < -0.3 is 0 Å². The lowest BCUT2D eigenvalue weighted by atomic mass is 10.6. The molecule has 0 saturated carbocycles. The molecule has 0 spiro atoms. The molecular weight excluding hydrogens is 212 g/mol. The number of amides is 4. The van der Waals surface area contributed by atoms with Crippen LogP contribution in [-0.4, -0.2) is 66.1 Å². The normalized spacial score (nSPS) is 9.38. The first-order valence-corrected chi connectivity index (χ1v) is 4.70. The van der Waals surface area contributed by atoms with E-state index in [9.17, 15) is 14.4 Å². The Morgan fingerprint density at radius 2 is 0.875 bits per heavy atom. The third-order valence-corrected chi connectivity index (χ3v) is 2.37. The predicted octanol–water partition coefficient (Wildman–Crippen LogP) is -0.243. The Balaban J connectivity index is 4.67. The molecule has 0 radical (unpaired) electrons. The molecular formula is C9H18N4O3. The van der Waals surface area contributed by atoms with E-state index >= 15 is 0 Å². The topological polar surface area (TPSA) is 64.2 Å². The second-order valence-corrected chi connectivity index (χ2v) is 3.42. The van der Waals surface area contributed by atoms with Gasteiger partial charge in [-0.15, -0.1) is 0 Å². The number of hydrogen-bond acceptors (Lipinski definition) is 3. The number of nitrogens with zero attached hydrogens (tertiary/aromatic N) is 4. The monoisotopic (exact) mass is 230 g/mol. The van der Waals surface area contributed by atoms with E-state index in [4.69, 9.17) is 0 Å². The van der Waals surface area contributed by atoms with Crippen LogP contribution in [0.15, 0.2) is 0 Å². The van der Waals surface area contributed by atoms with Gasteiger partial charge in [0.15, 0.2) is 0 Å². The molecule has 92 valence electrons. The molecule has 0 aliphatic rings. The fourth-order valence-corrected chi connectivity index (χ4v) is 0.889. The molecule has 0 rings (SSSR count). The van der Waals surface area contributed by atoms with Gasteiger partial charge in [0.1, 0.15) is 0 Å². The maximum absolute atomic E-state index is 11.8.